The Morgan fingerprint density at radius 2 is 2.19 bits per heavy atom. The number of hydrogen-bond acceptors (Lipinski definition) is 5. The summed E-state index contributed by atoms with van der Waals surface area (Å²) in [6, 6.07) is 0. The van der Waals surface area contributed by atoms with Gasteiger partial charge in [-0.2, -0.15) is 10.1 Å². The van der Waals surface area contributed by atoms with Gasteiger partial charge in [-0.1, -0.05) is 11.6 Å². The van der Waals surface area contributed by atoms with Crippen LogP contribution in [0.25, 0.3) is 0 Å². The smallest absolute Gasteiger partial charge is 0.235 e. The maximum Gasteiger partial charge on any atom is 0.235 e. The van der Waals surface area contributed by atoms with Gasteiger partial charge in [-0.15, -0.1) is 0 Å². The first-order valence-electron chi connectivity index (χ1n) is 4.55. The summed E-state index contributed by atoms with van der Waals surface area (Å²) in [5.41, 5.74) is 1.72. The number of nitrogens with one attached hydrogen (secondary N) is 1. The molecule has 2 aromatic heterocycles. The van der Waals surface area contributed by atoms with Gasteiger partial charge in [0.15, 0.2) is 0 Å². The van der Waals surface area contributed by atoms with Gasteiger partial charge in [0, 0.05) is 7.05 Å². The third-order valence-corrected chi connectivity index (χ3v) is 2.47. The Balaban J connectivity index is 2.27. The van der Waals surface area contributed by atoms with Gasteiger partial charge in [0.2, 0.25) is 11.8 Å². The molecule has 0 atom stereocenters. The predicted octanol–water partition coefficient (Wildman–Crippen LogP) is 1.62. The molecule has 0 spiro atoms. The molecule has 6 nitrogen and oxygen atoms in total. The first-order chi connectivity index (χ1) is 7.58. The zero-order valence-corrected chi connectivity index (χ0v) is 9.52. The molecule has 0 aliphatic heterocycles. The summed E-state index contributed by atoms with van der Waals surface area (Å²) in [6.07, 6.45) is 2.99. The van der Waals surface area contributed by atoms with Crippen LogP contribution < -0.4 is 5.32 Å². The molecule has 2 rings (SSSR count). The number of rotatable bonds is 2. The highest BCUT2D eigenvalue weighted by Crippen LogP contribution is 2.22. The van der Waals surface area contributed by atoms with E-state index in [0.717, 1.165) is 11.4 Å². The average molecular weight is 240 g/mol. The Labute approximate surface area is 96.9 Å². The molecule has 0 unspecified atom stereocenters. The summed E-state index contributed by atoms with van der Waals surface area (Å²) < 4.78 is 1.72. The Morgan fingerprint density at radius 1 is 1.44 bits per heavy atom. The van der Waals surface area contributed by atoms with E-state index in [1.165, 1.54) is 6.20 Å². The Hall–Kier alpha value is -1.82. The van der Waals surface area contributed by atoms with Gasteiger partial charge >= 0.3 is 0 Å². The largest absolute Gasteiger partial charge is 0.492 e. The van der Waals surface area contributed by atoms with Crippen LogP contribution in [0.3, 0.4) is 0 Å². The Kier molecular flexibility index (Phi) is 2.66. The molecule has 0 amide bonds. The lowest BCUT2D eigenvalue weighted by atomic mass is 10.4. The van der Waals surface area contributed by atoms with Crippen molar-refractivity contribution >= 4 is 23.2 Å². The fourth-order valence-electron chi connectivity index (χ4n) is 1.16. The maximum absolute atomic E-state index is 9.31. The summed E-state index contributed by atoms with van der Waals surface area (Å²) in [6.45, 7) is 1.91. The lowest BCUT2D eigenvalue weighted by Crippen LogP contribution is -1.98. The number of halogens is 1. The molecule has 0 aliphatic carbocycles. The molecule has 2 heterocycles. The van der Waals surface area contributed by atoms with Crippen LogP contribution in [0.15, 0.2) is 12.4 Å². The van der Waals surface area contributed by atoms with Gasteiger partial charge in [0.1, 0.15) is 5.02 Å². The lowest BCUT2D eigenvalue weighted by Gasteiger charge is -2.04. The minimum Gasteiger partial charge on any atom is -0.492 e. The molecule has 16 heavy (non-hydrogen) atoms. The first-order valence-corrected chi connectivity index (χ1v) is 4.93. The van der Waals surface area contributed by atoms with Crippen molar-refractivity contribution in [1.82, 2.24) is 19.7 Å². The van der Waals surface area contributed by atoms with Gasteiger partial charge in [-0.05, 0) is 6.92 Å². The number of anilines is 2. The number of aromatic hydroxyl groups is 1. The van der Waals surface area contributed by atoms with Gasteiger partial charge in [0.05, 0.1) is 23.8 Å². The van der Waals surface area contributed by atoms with E-state index in [9.17, 15) is 5.11 Å². The molecule has 84 valence electrons. The second-order valence-electron chi connectivity index (χ2n) is 3.26. The van der Waals surface area contributed by atoms with Crippen LogP contribution in [0.4, 0.5) is 11.6 Å². The number of aryl methyl sites for hydroxylation is 1. The van der Waals surface area contributed by atoms with E-state index in [2.05, 4.69) is 20.4 Å². The van der Waals surface area contributed by atoms with Crippen LogP contribution in [0.5, 0.6) is 5.88 Å². The van der Waals surface area contributed by atoms with Crippen LogP contribution in [0, 0.1) is 6.92 Å². The van der Waals surface area contributed by atoms with Gasteiger partial charge in [-0.25, -0.2) is 4.98 Å². The van der Waals surface area contributed by atoms with Crippen molar-refractivity contribution in [2.75, 3.05) is 5.32 Å². The van der Waals surface area contributed by atoms with Crippen molar-refractivity contribution in [2.45, 2.75) is 6.92 Å². The quantitative estimate of drug-likeness (QED) is 0.833. The van der Waals surface area contributed by atoms with E-state index in [1.807, 2.05) is 14.0 Å². The molecule has 0 fully saturated rings. The molecule has 2 aromatic rings. The molecular formula is C9H10ClN5O. The second kappa shape index (κ2) is 3.97. The van der Waals surface area contributed by atoms with Gasteiger partial charge in [0.25, 0.3) is 0 Å². The molecule has 0 saturated carbocycles. The van der Waals surface area contributed by atoms with Crippen LogP contribution >= 0.6 is 11.6 Å². The zero-order valence-electron chi connectivity index (χ0n) is 8.77. The number of aromatic nitrogens is 4. The van der Waals surface area contributed by atoms with Crippen molar-refractivity contribution < 1.29 is 5.11 Å². The van der Waals surface area contributed by atoms with E-state index in [4.69, 9.17) is 11.6 Å². The first kappa shape index (κ1) is 10.7. The van der Waals surface area contributed by atoms with Crippen molar-refractivity contribution in [3.63, 3.8) is 0 Å². The van der Waals surface area contributed by atoms with Crippen molar-refractivity contribution in [2.24, 2.45) is 7.05 Å². The fourth-order valence-corrected chi connectivity index (χ4v) is 1.25. The van der Waals surface area contributed by atoms with Crippen molar-refractivity contribution in [3.8, 4) is 5.88 Å². The Morgan fingerprint density at radius 3 is 2.75 bits per heavy atom. The second-order valence-corrected chi connectivity index (χ2v) is 3.66. The van der Waals surface area contributed by atoms with E-state index in [0.29, 0.717) is 0 Å². The number of nitrogens with zero attached hydrogens (tertiary/aromatic N) is 4. The molecule has 0 aromatic carbocycles. The van der Waals surface area contributed by atoms with E-state index in [-0.39, 0.29) is 16.9 Å². The minimum atomic E-state index is -0.249. The van der Waals surface area contributed by atoms with E-state index in [1.54, 1.807) is 10.9 Å². The molecule has 7 heteroatoms. The maximum atomic E-state index is 9.31. The predicted molar refractivity (Wildman–Crippen MR) is 59.9 cm³/mol. The highest BCUT2D eigenvalue weighted by Gasteiger charge is 2.07. The fraction of sp³-hybridized carbons (Fsp3) is 0.222. The third-order valence-electron chi connectivity index (χ3n) is 2.21. The van der Waals surface area contributed by atoms with Crippen LogP contribution in [0.2, 0.25) is 5.02 Å². The summed E-state index contributed by atoms with van der Waals surface area (Å²) in [5.74, 6) is 0.0266. The van der Waals surface area contributed by atoms with Crippen LogP contribution in [-0.2, 0) is 7.05 Å². The SMILES string of the molecule is Cc1c(Nc2ncc(Cl)c(O)n2)cnn1C. The van der Waals surface area contributed by atoms with Crippen molar-refractivity contribution in [1.29, 1.82) is 0 Å². The summed E-state index contributed by atoms with van der Waals surface area (Å²) >= 11 is 5.60. The van der Waals surface area contributed by atoms with Crippen molar-refractivity contribution in [3.05, 3.63) is 23.1 Å². The summed E-state index contributed by atoms with van der Waals surface area (Å²) in [7, 11) is 1.83. The summed E-state index contributed by atoms with van der Waals surface area (Å²) in [5, 5.41) is 16.4. The zero-order chi connectivity index (χ0) is 11.7. The highest BCUT2D eigenvalue weighted by molar-refractivity contribution is 6.31. The van der Waals surface area contributed by atoms with Crippen LogP contribution in [-0.4, -0.2) is 24.9 Å². The molecular weight excluding hydrogens is 230 g/mol. The van der Waals surface area contributed by atoms with Gasteiger partial charge < -0.3 is 10.4 Å². The molecule has 0 saturated heterocycles. The monoisotopic (exact) mass is 239 g/mol. The van der Waals surface area contributed by atoms with E-state index < -0.39 is 0 Å². The summed E-state index contributed by atoms with van der Waals surface area (Å²) in [4.78, 5) is 7.72. The standard InChI is InChI=1S/C9H10ClN5O/c1-5-7(4-12-15(5)2)13-9-11-3-6(10)8(16)14-9/h3-4H,1-2H3,(H2,11,13,14,16). The average Bonchev–Trinajstić information content (AvgIpc) is 2.55. The normalized spacial score (nSPS) is 10.4. The topological polar surface area (TPSA) is 75.9 Å². The number of hydrogen-bond donors (Lipinski definition) is 2. The molecule has 2 N–H and O–H groups in total. The molecule has 0 aliphatic rings. The third kappa shape index (κ3) is 1.92. The highest BCUT2D eigenvalue weighted by atomic mass is 35.5. The minimum absolute atomic E-state index is 0.119. The van der Waals surface area contributed by atoms with Crippen LogP contribution in [0.1, 0.15) is 5.69 Å². The van der Waals surface area contributed by atoms with E-state index >= 15 is 0 Å². The lowest BCUT2D eigenvalue weighted by molar-refractivity contribution is 0.453. The molecule has 0 radical (unpaired) electrons. The molecule has 0 bridgehead atoms. The Bertz CT molecular complexity index is 525. The van der Waals surface area contributed by atoms with Gasteiger partial charge in [-0.3, -0.25) is 4.68 Å².